The molecule has 2 heterocycles. The van der Waals surface area contributed by atoms with E-state index >= 15 is 0 Å². The summed E-state index contributed by atoms with van der Waals surface area (Å²) in [5.41, 5.74) is 5.62. The molecular weight excluding hydrogens is 232 g/mol. The van der Waals surface area contributed by atoms with Gasteiger partial charge in [-0.1, -0.05) is 0 Å². The molecule has 96 valence electrons. The van der Waals surface area contributed by atoms with Crippen LogP contribution in [0.4, 0.5) is 0 Å². The van der Waals surface area contributed by atoms with Crippen LogP contribution in [0.2, 0.25) is 0 Å². The Balaban J connectivity index is 1.77. The monoisotopic (exact) mass is 254 g/mol. The van der Waals surface area contributed by atoms with Crippen LogP contribution >= 0.6 is 11.3 Å². The van der Waals surface area contributed by atoms with E-state index in [2.05, 4.69) is 24.1 Å². The molecule has 4 heteroatoms. The molecule has 1 aliphatic heterocycles. The molecule has 1 saturated heterocycles. The minimum atomic E-state index is 0.433. The number of nitrogens with two attached hydrogens (primary N) is 1. The minimum Gasteiger partial charge on any atom is -0.377 e. The highest BCUT2D eigenvalue weighted by atomic mass is 32.1. The summed E-state index contributed by atoms with van der Waals surface area (Å²) >= 11 is 1.82. The van der Waals surface area contributed by atoms with E-state index in [-0.39, 0.29) is 0 Å². The molecule has 1 aromatic rings. The van der Waals surface area contributed by atoms with Gasteiger partial charge in [0, 0.05) is 36.0 Å². The van der Waals surface area contributed by atoms with E-state index in [4.69, 9.17) is 10.5 Å². The Morgan fingerprint density at radius 3 is 2.88 bits per heavy atom. The summed E-state index contributed by atoms with van der Waals surface area (Å²) in [5.74, 6) is 0. The number of hydrogen-bond donors (Lipinski definition) is 1. The molecule has 2 N–H and O–H groups in total. The quantitative estimate of drug-likeness (QED) is 0.875. The van der Waals surface area contributed by atoms with Crippen LogP contribution in [-0.4, -0.2) is 31.2 Å². The Morgan fingerprint density at radius 1 is 1.41 bits per heavy atom. The Kier molecular flexibility index (Phi) is 4.98. The van der Waals surface area contributed by atoms with Gasteiger partial charge in [0.25, 0.3) is 0 Å². The Morgan fingerprint density at radius 2 is 2.24 bits per heavy atom. The Labute approximate surface area is 108 Å². The Bertz CT molecular complexity index is 334. The topological polar surface area (TPSA) is 38.5 Å². The molecule has 1 aromatic heterocycles. The third kappa shape index (κ3) is 4.07. The lowest BCUT2D eigenvalue weighted by atomic mass is 10.1. The third-order valence-corrected chi connectivity index (χ3v) is 4.23. The zero-order chi connectivity index (χ0) is 12.1. The van der Waals surface area contributed by atoms with Crippen molar-refractivity contribution in [3.8, 4) is 0 Å². The molecule has 0 amide bonds. The molecule has 1 unspecified atom stereocenters. The summed E-state index contributed by atoms with van der Waals surface area (Å²) in [5, 5.41) is 0. The van der Waals surface area contributed by atoms with Crippen LogP contribution in [0.15, 0.2) is 12.1 Å². The molecule has 0 spiro atoms. The fourth-order valence-electron chi connectivity index (χ4n) is 2.25. The average molecular weight is 254 g/mol. The minimum absolute atomic E-state index is 0.433. The van der Waals surface area contributed by atoms with E-state index in [0.717, 1.165) is 19.7 Å². The van der Waals surface area contributed by atoms with Gasteiger partial charge in [-0.25, -0.2) is 0 Å². The molecule has 1 atom stereocenters. The molecule has 0 aliphatic carbocycles. The Hall–Kier alpha value is -0.420. The van der Waals surface area contributed by atoms with E-state index in [1.807, 2.05) is 11.3 Å². The van der Waals surface area contributed by atoms with Crippen LogP contribution in [0.25, 0.3) is 0 Å². The summed E-state index contributed by atoms with van der Waals surface area (Å²) in [7, 11) is 2.17. The summed E-state index contributed by atoms with van der Waals surface area (Å²) in [6, 6.07) is 4.32. The first-order valence-electron chi connectivity index (χ1n) is 6.35. The van der Waals surface area contributed by atoms with Crippen LogP contribution in [-0.2, 0) is 17.8 Å². The highest BCUT2D eigenvalue weighted by Gasteiger charge is 2.16. The first kappa shape index (κ1) is 13.0. The predicted octanol–water partition coefficient (Wildman–Crippen LogP) is 2.21. The van der Waals surface area contributed by atoms with Crippen LogP contribution < -0.4 is 5.73 Å². The van der Waals surface area contributed by atoms with E-state index in [9.17, 15) is 0 Å². The lowest BCUT2D eigenvalue weighted by Gasteiger charge is -2.27. The molecule has 0 aromatic carbocycles. The largest absolute Gasteiger partial charge is 0.377 e. The van der Waals surface area contributed by atoms with Crippen molar-refractivity contribution in [3.63, 3.8) is 0 Å². The average Bonchev–Trinajstić information content (AvgIpc) is 2.78. The van der Waals surface area contributed by atoms with E-state index < -0.39 is 0 Å². The SMILES string of the molecule is CN(Cc1ccc(CN)s1)CC1CCCCO1. The summed E-state index contributed by atoms with van der Waals surface area (Å²) in [6.07, 6.45) is 4.19. The fourth-order valence-corrected chi connectivity index (χ4v) is 3.22. The number of thiophene rings is 1. The normalized spacial score (nSPS) is 21.0. The van der Waals surface area contributed by atoms with Crippen LogP contribution in [0.1, 0.15) is 29.0 Å². The number of rotatable bonds is 5. The molecule has 0 radical (unpaired) electrons. The van der Waals surface area contributed by atoms with Crippen molar-refractivity contribution in [1.29, 1.82) is 0 Å². The molecular formula is C13H22N2OS. The van der Waals surface area contributed by atoms with Gasteiger partial charge in [-0.15, -0.1) is 11.3 Å². The van der Waals surface area contributed by atoms with Crippen LogP contribution in [0, 0.1) is 0 Å². The second-order valence-electron chi connectivity index (χ2n) is 4.76. The number of ether oxygens (including phenoxy) is 1. The van der Waals surface area contributed by atoms with Gasteiger partial charge in [-0.05, 0) is 38.4 Å². The van der Waals surface area contributed by atoms with Gasteiger partial charge in [0.15, 0.2) is 0 Å². The molecule has 0 bridgehead atoms. The highest BCUT2D eigenvalue weighted by Crippen LogP contribution is 2.19. The van der Waals surface area contributed by atoms with Crippen molar-refractivity contribution < 1.29 is 4.74 Å². The molecule has 17 heavy (non-hydrogen) atoms. The van der Waals surface area contributed by atoms with E-state index in [1.165, 1.54) is 29.0 Å². The molecule has 2 rings (SSSR count). The van der Waals surface area contributed by atoms with Crippen molar-refractivity contribution in [2.45, 2.75) is 38.5 Å². The molecule has 3 nitrogen and oxygen atoms in total. The summed E-state index contributed by atoms with van der Waals surface area (Å²) < 4.78 is 5.75. The summed E-state index contributed by atoms with van der Waals surface area (Å²) in [6.45, 7) is 3.63. The lowest BCUT2D eigenvalue weighted by molar-refractivity contribution is -0.00245. The van der Waals surface area contributed by atoms with Crippen molar-refractivity contribution in [2.24, 2.45) is 5.73 Å². The van der Waals surface area contributed by atoms with E-state index in [0.29, 0.717) is 12.6 Å². The summed E-state index contributed by atoms with van der Waals surface area (Å²) in [4.78, 5) is 5.01. The third-order valence-electron chi connectivity index (χ3n) is 3.13. The zero-order valence-electron chi connectivity index (χ0n) is 10.5. The first-order valence-corrected chi connectivity index (χ1v) is 7.17. The van der Waals surface area contributed by atoms with Crippen molar-refractivity contribution in [2.75, 3.05) is 20.2 Å². The standard InChI is InChI=1S/C13H22N2OS/c1-15(9-11-4-2-3-7-16-11)10-13-6-5-12(8-14)17-13/h5-6,11H,2-4,7-10,14H2,1H3. The van der Waals surface area contributed by atoms with E-state index in [1.54, 1.807) is 0 Å². The number of likely N-dealkylation sites (N-methyl/N-ethyl adjacent to an activating group) is 1. The first-order chi connectivity index (χ1) is 8.28. The van der Waals surface area contributed by atoms with Crippen LogP contribution in [0.5, 0.6) is 0 Å². The predicted molar refractivity (Wildman–Crippen MR) is 72.1 cm³/mol. The second kappa shape index (κ2) is 6.50. The van der Waals surface area contributed by atoms with Crippen molar-refractivity contribution >= 4 is 11.3 Å². The number of hydrogen-bond acceptors (Lipinski definition) is 4. The van der Waals surface area contributed by atoms with Gasteiger partial charge >= 0.3 is 0 Å². The highest BCUT2D eigenvalue weighted by molar-refractivity contribution is 7.11. The molecule has 1 aliphatic rings. The van der Waals surface area contributed by atoms with Gasteiger partial charge in [-0.2, -0.15) is 0 Å². The lowest BCUT2D eigenvalue weighted by Crippen LogP contribution is -2.32. The van der Waals surface area contributed by atoms with Gasteiger partial charge in [0.05, 0.1) is 6.10 Å². The fraction of sp³-hybridized carbons (Fsp3) is 0.692. The van der Waals surface area contributed by atoms with Crippen molar-refractivity contribution in [1.82, 2.24) is 4.90 Å². The second-order valence-corrected chi connectivity index (χ2v) is 6.01. The molecule has 1 fully saturated rings. The van der Waals surface area contributed by atoms with Gasteiger partial charge in [0.1, 0.15) is 0 Å². The zero-order valence-corrected chi connectivity index (χ0v) is 11.3. The smallest absolute Gasteiger partial charge is 0.0702 e. The van der Waals surface area contributed by atoms with Crippen molar-refractivity contribution in [3.05, 3.63) is 21.9 Å². The number of nitrogens with zero attached hydrogens (tertiary/aromatic N) is 1. The van der Waals surface area contributed by atoms with Gasteiger partial charge < -0.3 is 10.5 Å². The van der Waals surface area contributed by atoms with Gasteiger partial charge in [0.2, 0.25) is 0 Å². The maximum atomic E-state index is 5.75. The maximum Gasteiger partial charge on any atom is 0.0702 e. The van der Waals surface area contributed by atoms with Crippen LogP contribution in [0.3, 0.4) is 0 Å². The van der Waals surface area contributed by atoms with Gasteiger partial charge in [-0.3, -0.25) is 4.90 Å². The molecule has 0 saturated carbocycles. The maximum absolute atomic E-state index is 5.75.